The van der Waals surface area contributed by atoms with Crippen molar-refractivity contribution >= 4 is 31.6 Å². The molecule has 1 N–H and O–H groups in total. The molecule has 0 saturated heterocycles. The van der Waals surface area contributed by atoms with Crippen molar-refractivity contribution in [1.82, 2.24) is 0 Å². The molecule has 0 atom stereocenters. The Kier molecular flexibility index (Phi) is 4.05. The molecule has 0 fully saturated rings. The van der Waals surface area contributed by atoms with Crippen molar-refractivity contribution in [3.8, 4) is 0 Å². The number of benzene rings is 2. The number of nitrogens with one attached hydrogen (secondary N) is 1. The summed E-state index contributed by atoms with van der Waals surface area (Å²) in [6.07, 6.45) is 0. The molecule has 0 saturated carbocycles. The second-order valence-electron chi connectivity index (χ2n) is 3.79. The van der Waals surface area contributed by atoms with Crippen molar-refractivity contribution < 1.29 is 21.6 Å². The van der Waals surface area contributed by atoms with Crippen LogP contribution in [0.5, 0.6) is 0 Å². The molecule has 0 radical (unpaired) electrons. The van der Waals surface area contributed by atoms with Crippen molar-refractivity contribution in [1.29, 1.82) is 0 Å². The number of hydrogen-bond acceptors (Lipinski definition) is 2. The number of rotatable bonds is 3. The van der Waals surface area contributed by atoms with E-state index in [1.165, 1.54) is 12.1 Å². The topological polar surface area (TPSA) is 46.2 Å². The summed E-state index contributed by atoms with van der Waals surface area (Å²) < 4.78 is 65.9. The molecule has 0 unspecified atom stereocenters. The standard InChI is InChI=1S/C12H7BrF3NO2S/c13-7-2-1-3-8(6-7)17-20(18,19)10-5-4-9(14)11(15)12(10)16/h1-6,17H. The summed E-state index contributed by atoms with van der Waals surface area (Å²) >= 11 is 3.14. The summed E-state index contributed by atoms with van der Waals surface area (Å²) in [7, 11) is -4.35. The first-order valence-electron chi connectivity index (χ1n) is 5.23. The lowest BCUT2D eigenvalue weighted by atomic mass is 10.3. The van der Waals surface area contributed by atoms with E-state index in [1.807, 2.05) is 0 Å². The van der Waals surface area contributed by atoms with Crippen molar-refractivity contribution in [2.24, 2.45) is 0 Å². The molecular weight excluding hydrogens is 359 g/mol. The van der Waals surface area contributed by atoms with Crippen LogP contribution in [-0.2, 0) is 10.0 Å². The van der Waals surface area contributed by atoms with Gasteiger partial charge in [0.15, 0.2) is 17.5 Å². The second kappa shape index (κ2) is 5.45. The second-order valence-corrected chi connectivity index (χ2v) is 6.36. The molecule has 0 spiro atoms. The Bertz CT molecular complexity index is 765. The highest BCUT2D eigenvalue weighted by Gasteiger charge is 2.24. The van der Waals surface area contributed by atoms with E-state index in [4.69, 9.17) is 0 Å². The smallest absolute Gasteiger partial charge is 0.264 e. The zero-order valence-electron chi connectivity index (χ0n) is 9.70. The maximum Gasteiger partial charge on any atom is 0.264 e. The van der Waals surface area contributed by atoms with Crippen LogP contribution < -0.4 is 4.72 Å². The zero-order valence-corrected chi connectivity index (χ0v) is 12.1. The predicted octanol–water partition coefficient (Wildman–Crippen LogP) is 3.67. The van der Waals surface area contributed by atoms with E-state index < -0.39 is 32.4 Å². The summed E-state index contributed by atoms with van der Waals surface area (Å²) in [5.41, 5.74) is 0.156. The van der Waals surface area contributed by atoms with Gasteiger partial charge in [0, 0.05) is 10.2 Å². The molecule has 0 aliphatic heterocycles. The van der Waals surface area contributed by atoms with Gasteiger partial charge in [0.1, 0.15) is 4.90 Å². The van der Waals surface area contributed by atoms with Gasteiger partial charge in [0.2, 0.25) is 0 Å². The van der Waals surface area contributed by atoms with Crippen LogP contribution in [0.4, 0.5) is 18.9 Å². The van der Waals surface area contributed by atoms with Crippen LogP contribution in [0.3, 0.4) is 0 Å². The van der Waals surface area contributed by atoms with Crippen molar-refractivity contribution in [3.63, 3.8) is 0 Å². The summed E-state index contributed by atoms with van der Waals surface area (Å²) in [6.45, 7) is 0. The third kappa shape index (κ3) is 2.96. The SMILES string of the molecule is O=S(=O)(Nc1cccc(Br)c1)c1ccc(F)c(F)c1F. The van der Waals surface area contributed by atoms with Gasteiger partial charge in [-0.1, -0.05) is 22.0 Å². The molecule has 0 aromatic heterocycles. The van der Waals surface area contributed by atoms with E-state index in [1.54, 1.807) is 12.1 Å². The number of hydrogen-bond donors (Lipinski definition) is 1. The number of anilines is 1. The summed E-state index contributed by atoms with van der Waals surface area (Å²) in [4.78, 5) is -0.962. The fourth-order valence-electron chi connectivity index (χ4n) is 1.48. The van der Waals surface area contributed by atoms with Gasteiger partial charge in [-0.15, -0.1) is 0 Å². The summed E-state index contributed by atoms with van der Waals surface area (Å²) in [6, 6.07) is 7.30. The monoisotopic (exact) mass is 365 g/mol. The van der Waals surface area contributed by atoms with Gasteiger partial charge in [0.05, 0.1) is 0 Å². The third-order valence-electron chi connectivity index (χ3n) is 2.37. The average molecular weight is 366 g/mol. The van der Waals surface area contributed by atoms with Crippen molar-refractivity contribution in [3.05, 3.63) is 58.3 Å². The minimum Gasteiger partial charge on any atom is -0.280 e. The number of halogens is 4. The summed E-state index contributed by atoms with van der Waals surface area (Å²) in [5.74, 6) is -5.04. The summed E-state index contributed by atoms with van der Waals surface area (Å²) in [5, 5.41) is 0. The van der Waals surface area contributed by atoms with Gasteiger partial charge in [-0.2, -0.15) is 0 Å². The van der Waals surface area contributed by atoms with Gasteiger partial charge >= 0.3 is 0 Å². The van der Waals surface area contributed by atoms with E-state index in [2.05, 4.69) is 20.7 Å². The molecule has 2 aromatic rings. The average Bonchev–Trinajstić information content (AvgIpc) is 2.35. The molecule has 2 aromatic carbocycles. The molecule has 106 valence electrons. The van der Waals surface area contributed by atoms with E-state index in [9.17, 15) is 21.6 Å². The van der Waals surface area contributed by atoms with Crippen LogP contribution >= 0.6 is 15.9 Å². The molecule has 0 amide bonds. The van der Waals surface area contributed by atoms with Gasteiger partial charge in [0.25, 0.3) is 10.0 Å². The van der Waals surface area contributed by atoms with E-state index in [0.29, 0.717) is 16.6 Å². The molecule has 3 nitrogen and oxygen atoms in total. The van der Waals surface area contributed by atoms with Gasteiger partial charge in [-0.3, -0.25) is 4.72 Å². The Morgan fingerprint density at radius 2 is 1.70 bits per heavy atom. The molecule has 0 heterocycles. The molecule has 8 heteroatoms. The molecule has 0 bridgehead atoms. The Morgan fingerprint density at radius 1 is 1.00 bits per heavy atom. The van der Waals surface area contributed by atoms with Crippen LogP contribution in [0, 0.1) is 17.5 Å². The normalized spacial score (nSPS) is 11.4. The zero-order chi connectivity index (χ0) is 14.9. The maximum absolute atomic E-state index is 13.5. The van der Waals surface area contributed by atoms with Gasteiger partial charge < -0.3 is 0 Å². The van der Waals surface area contributed by atoms with Crippen molar-refractivity contribution in [2.45, 2.75) is 4.90 Å². The highest BCUT2D eigenvalue weighted by Crippen LogP contribution is 2.23. The van der Waals surface area contributed by atoms with Gasteiger partial charge in [-0.25, -0.2) is 21.6 Å². The quantitative estimate of drug-likeness (QED) is 0.843. The van der Waals surface area contributed by atoms with Gasteiger partial charge in [-0.05, 0) is 30.3 Å². The lowest BCUT2D eigenvalue weighted by Gasteiger charge is -2.09. The fraction of sp³-hybridized carbons (Fsp3) is 0. The fourth-order valence-corrected chi connectivity index (χ4v) is 3.00. The maximum atomic E-state index is 13.5. The van der Waals surface area contributed by atoms with Crippen LogP contribution in [0.2, 0.25) is 0 Å². The van der Waals surface area contributed by atoms with E-state index >= 15 is 0 Å². The molecule has 20 heavy (non-hydrogen) atoms. The van der Waals surface area contributed by atoms with Crippen molar-refractivity contribution in [2.75, 3.05) is 4.72 Å². The predicted molar refractivity (Wildman–Crippen MR) is 71.3 cm³/mol. The third-order valence-corrected chi connectivity index (χ3v) is 4.26. The Labute approximate surface area is 121 Å². The van der Waals surface area contributed by atoms with Crippen LogP contribution in [0.1, 0.15) is 0 Å². The number of sulfonamides is 1. The first-order chi connectivity index (χ1) is 9.31. The molecular formula is C12H7BrF3NO2S. The molecule has 0 aliphatic rings. The molecule has 0 aliphatic carbocycles. The minimum atomic E-state index is -4.35. The van der Waals surface area contributed by atoms with Crippen LogP contribution in [0.15, 0.2) is 45.8 Å². The first kappa shape index (κ1) is 14.9. The highest BCUT2D eigenvalue weighted by atomic mass is 79.9. The largest absolute Gasteiger partial charge is 0.280 e. The lowest BCUT2D eigenvalue weighted by Crippen LogP contribution is -2.15. The van der Waals surface area contributed by atoms with Crippen LogP contribution in [-0.4, -0.2) is 8.42 Å². The minimum absolute atomic E-state index is 0.156. The Balaban J connectivity index is 2.44. The molecule has 2 rings (SSSR count). The Hall–Kier alpha value is -1.54. The van der Waals surface area contributed by atoms with E-state index in [-0.39, 0.29) is 5.69 Å². The van der Waals surface area contributed by atoms with Crippen LogP contribution in [0.25, 0.3) is 0 Å². The Morgan fingerprint density at radius 3 is 2.35 bits per heavy atom. The first-order valence-corrected chi connectivity index (χ1v) is 7.51. The lowest BCUT2D eigenvalue weighted by molar-refractivity contribution is 0.432. The highest BCUT2D eigenvalue weighted by molar-refractivity contribution is 9.10. The van der Waals surface area contributed by atoms with E-state index in [0.717, 1.165) is 0 Å².